The Kier molecular flexibility index (Phi) is 12.0. The highest BCUT2D eigenvalue weighted by molar-refractivity contribution is 7.98. The third-order valence-corrected chi connectivity index (χ3v) is 7.63. The SMILES string of the molecule is CCC(C)[C@@H](CN1Cc2ccccc2C[C@H]1C(=O)N[C@@H](CCSC)C(=O)O)NC[C@@H](N)CS. The molecule has 0 aromatic heterocycles. The van der Waals surface area contributed by atoms with Crippen LogP contribution in [0.15, 0.2) is 24.3 Å². The summed E-state index contributed by atoms with van der Waals surface area (Å²) in [5, 5.41) is 16.0. The number of hydrogen-bond donors (Lipinski definition) is 5. The van der Waals surface area contributed by atoms with Crippen molar-refractivity contribution in [1.29, 1.82) is 0 Å². The summed E-state index contributed by atoms with van der Waals surface area (Å²) in [5.74, 6) is 0.480. The summed E-state index contributed by atoms with van der Waals surface area (Å²) in [6.45, 7) is 6.37. The van der Waals surface area contributed by atoms with Crippen LogP contribution in [0, 0.1) is 5.92 Å². The Bertz CT molecular complexity index is 767. The number of aliphatic carboxylic acids is 1. The molecule has 1 heterocycles. The van der Waals surface area contributed by atoms with Crippen molar-refractivity contribution in [1.82, 2.24) is 15.5 Å². The van der Waals surface area contributed by atoms with Crippen molar-refractivity contribution in [2.75, 3.05) is 30.9 Å². The highest BCUT2D eigenvalue weighted by atomic mass is 32.2. The summed E-state index contributed by atoms with van der Waals surface area (Å²) in [4.78, 5) is 27.3. The smallest absolute Gasteiger partial charge is 0.326 e. The predicted molar refractivity (Wildman–Crippen MR) is 140 cm³/mol. The van der Waals surface area contributed by atoms with Crippen LogP contribution in [0.4, 0.5) is 0 Å². The van der Waals surface area contributed by atoms with Crippen molar-refractivity contribution in [3.63, 3.8) is 0 Å². The molecule has 5 atom stereocenters. The summed E-state index contributed by atoms with van der Waals surface area (Å²) in [5.41, 5.74) is 8.45. The molecule has 1 aromatic carbocycles. The van der Waals surface area contributed by atoms with Gasteiger partial charge in [-0.05, 0) is 41.9 Å². The highest BCUT2D eigenvalue weighted by Gasteiger charge is 2.35. The molecule has 0 bridgehead atoms. The zero-order chi connectivity index (χ0) is 24.4. The van der Waals surface area contributed by atoms with Gasteiger partial charge in [-0.25, -0.2) is 4.79 Å². The van der Waals surface area contributed by atoms with Gasteiger partial charge in [0, 0.05) is 37.5 Å². The van der Waals surface area contributed by atoms with Crippen LogP contribution in [-0.2, 0) is 22.6 Å². The lowest BCUT2D eigenvalue weighted by molar-refractivity contribution is -0.143. The number of thioether (sulfide) groups is 1. The van der Waals surface area contributed by atoms with Crippen LogP contribution in [0.3, 0.4) is 0 Å². The van der Waals surface area contributed by atoms with Gasteiger partial charge in [-0.15, -0.1) is 0 Å². The number of nitrogens with zero attached hydrogens (tertiary/aromatic N) is 1. The van der Waals surface area contributed by atoms with Gasteiger partial charge in [-0.2, -0.15) is 24.4 Å². The van der Waals surface area contributed by atoms with E-state index in [4.69, 9.17) is 5.73 Å². The molecule has 186 valence electrons. The number of carboxylic acids is 1. The number of benzene rings is 1. The van der Waals surface area contributed by atoms with Gasteiger partial charge in [-0.3, -0.25) is 9.69 Å². The van der Waals surface area contributed by atoms with Crippen LogP contribution >= 0.6 is 24.4 Å². The maximum absolute atomic E-state index is 13.4. The average Bonchev–Trinajstić information content (AvgIpc) is 2.82. The maximum atomic E-state index is 13.4. The molecule has 5 N–H and O–H groups in total. The molecule has 0 fully saturated rings. The van der Waals surface area contributed by atoms with Gasteiger partial charge in [0.2, 0.25) is 5.91 Å². The van der Waals surface area contributed by atoms with Crippen LogP contribution < -0.4 is 16.4 Å². The number of nitrogens with two attached hydrogens (primary N) is 1. The molecule has 1 aliphatic heterocycles. The first-order valence-corrected chi connectivity index (χ1v) is 13.8. The van der Waals surface area contributed by atoms with E-state index in [-0.39, 0.29) is 18.0 Å². The van der Waals surface area contributed by atoms with Crippen LogP contribution in [0.25, 0.3) is 0 Å². The van der Waals surface area contributed by atoms with Crippen molar-refractivity contribution in [3.05, 3.63) is 35.4 Å². The topological polar surface area (TPSA) is 108 Å². The zero-order valence-corrected chi connectivity index (χ0v) is 21.7. The van der Waals surface area contributed by atoms with E-state index in [1.165, 1.54) is 5.56 Å². The Labute approximate surface area is 208 Å². The summed E-state index contributed by atoms with van der Waals surface area (Å²) in [6, 6.07) is 7.02. The lowest BCUT2D eigenvalue weighted by Crippen LogP contribution is -2.57. The largest absolute Gasteiger partial charge is 0.480 e. The molecular weight excluding hydrogens is 456 g/mol. The van der Waals surface area contributed by atoms with Gasteiger partial charge in [-0.1, -0.05) is 44.5 Å². The first-order chi connectivity index (χ1) is 15.8. The standard InChI is InChI=1S/C24H40N4O3S2/c1-4-16(2)21(26-12-19(25)15-32)14-28-13-18-8-6-5-7-17(18)11-22(28)23(29)27-20(24(30)31)9-10-33-3/h5-8,16,19-22,26,32H,4,9-15,25H2,1-3H3,(H,27,29)(H,30,31)/t16?,19-,20+,21-,22+/m1/s1. The van der Waals surface area contributed by atoms with Crippen molar-refractivity contribution in [2.45, 2.75) is 63.8 Å². The van der Waals surface area contributed by atoms with E-state index < -0.39 is 18.1 Å². The van der Waals surface area contributed by atoms with Gasteiger partial charge >= 0.3 is 5.97 Å². The molecule has 1 amide bonds. The molecule has 0 radical (unpaired) electrons. The number of thiol groups is 1. The van der Waals surface area contributed by atoms with E-state index in [0.717, 1.165) is 12.0 Å². The van der Waals surface area contributed by atoms with Crippen molar-refractivity contribution >= 4 is 36.3 Å². The van der Waals surface area contributed by atoms with E-state index in [9.17, 15) is 14.7 Å². The molecule has 1 aromatic rings. The summed E-state index contributed by atoms with van der Waals surface area (Å²) < 4.78 is 0. The number of amides is 1. The van der Waals surface area contributed by atoms with Crippen LogP contribution in [0.5, 0.6) is 0 Å². The van der Waals surface area contributed by atoms with Crippen LogP contribution in [0.1, 0.15) is 37.8 Å². The van der Waals surface area contributed by atoms with Gasteiger partial charge in [0.25, 0.3) is 0 Å². The third kappa shape index (κ3) is 8.47. The van der Waals surface area contributed by atoms with Crippen LogP contribution in [-0.4, -0.2) is 76.9 Å². The fourth-order valence-electron chi connectivity index (χ4n) is 4.14. The molecule has 7 nitrogen and oxygen atoms in total. The fourth-order valence-corrected chi connectivity index (χ4v) is 4.74. The average molecular weight is 497 g/mol. The normalized spacial score (nSPS) is 19.8. The number of carbonyl (C=O) groups is 2. The highest BCUT2D eigenvalue weighted by Crippen LogP contribution is 2.25. The molecule has 0 saturated heterocycles. The maximum Gasteiger partial charge on any atom is 0.326 e. The van der Waals surface area contributed by atoms with Crippen molar-refractivity contribution < 1.29 is 14.7 Å². The van der Waals surface area contributed by atoms with Gasteiger partial charge < -0.3 is 21.5 Å². The molecular formula is C24H40N4O3S2. The Morgan fingerprint density at radius 2 is 2.03 bits per heavy atom. The predicted octanol–water partition coefficient (Wildman–Crippen LogP) is 2.00. The molecule has 0 aliphatic carbocycles. The molecule has 2 rings (SSSR count). The lowest BCUT2D eigenvalue weighted by atomic mass is 9.91. The number of nitrogens with one attached hydrogen (secondary N) is 2. The van der Waals surface area contributed by atoms with E-state index in [2.05, 4.69) is 54.1 Å². The Balaban J connectivity index is 2.23. The Morgan fingerprint density at radius 1 is 1.33 bits per heavy atom. The van der Waals surface area contributed by atoms with E-state index in [0.29, 0.717) is 49.9 Å². The second-order valence-corrected chi connectivity index (χ2v) is 10.3. The summed E-state index contributed by atoms with van der Waals surface area (Å²) in [7, 11) is 0. The second-order valence-electron chi connectivity index (χ2n) is 8.94. The third-order valence-electron chi connectivity index (χ3n) is 6.51. The molecule has 0 spiro atoms. The Morgan fingerprint density at radius 3 is 2.64 bits per heavy atom. The molecule has 1 aliphatic rings. The van der Waals surface area contributed by atoms with Crippen LogP contribution in [0.2, 0.25) is 0 Å². The first-order valence-electron chi connectivity index (χ1n) is 11.7. The number of rotatable bonds is 14. The van der Waals surface area contributed by atoms with Gasteiger partial charge in [0.15, 0.2) is 0 Å². The minimum Gasteiger partial charge on any atom is -0.480 e. The number of hydrogen-bond acceptors (Lipinski definition) is 7. The number of carboxylic acid groups (broad SMARTS) is 1. The van der Waals surface area contributed by atoms with E-state index in [1.807, 2.05) is 18.4 Å². The van der Waals surface area contributed by atoms with Gasteiger partial charge in [0.1, 0.15) is 6.04 Å². The number of carbonyl (C=O) groups excluding carboxylic acids is 1. The van der Waals surface area contributed by atoms with Crippen molar-refractivity contribution in [3.8, 4) is 0 Å². The Hall–Kier alpha value is -1.26. The molecule has 33 heavy (non-hydrogen) atoms. The fraction of sp³-hybridized carbons (Fsp3) is 0.667. The molecule has 9 heteroatoms. The van der Waals surface area contributed by atoms with E-state index in [1.54, 1.807) is 11.8 Å². The summed E-state index contributed by atoms with van der Waals surface area (Å²) in [6.07, 6.45) is 3.91. The number of fused-ring (bicyclic) bond motifs is 1. The van der Waals surface area contributed by atoms with Crippen molar-refractivity contribution in [2.24, 2.45) is 11.7 Å². The second kappa shape index (κ2) is 14.2. The lowest BCUT2D eigenvalue weighted by Gasteiger charge is -2.40. The minimum absolute atomic E-state index is 0.0335. The summed E-state index contributed by atoms with van der Waals surface area (Å²) >= 11 is 5.87. The molecule has 0 saturated carbocycles. The quantitative estimate of drug-likeness (QED) is 0.251. The monoisotopic (exact) mass is 496 g/mol. The van der Waals surface area contributed by atoms with E-state index >= 15 is 0 Å². The molecule has 1 unspecified atom stereocenters. The minimum atomic E-state index is -0.986. The first kappa shape index (κ1) is 28.0. The van der Waals surface area contributed by atoms with Gasteiger partial charge in [0.05, 0.1) is 6.04 Å². The zero-order valence-electron chi connectivity index (χ0n) is 20.0.